The molecule has 0 fully saturated rings. The van der Waals surface area contributed by atoms with Crippen molar-refractivity contribution in [2.45, 2.75) is 26.3 Å². The monoisotopic (exact) mass is 251 g/mol. The largest absolute Gasteiger partial charge is 0.494 e. The van der Waals surface area contributed by atoms with Crippen molar-refractivity contribution in [3.05, 3.63) is 29.8 Å². The van der Waals surface area contributed by atoms with Crippen molar-refractivity contribution < 1.29 is 14.3 Å². The first kappa shape index (κ1) is 14.5. The standard InChI is InChI=1S/C14H21NO3/c1-4-9-15-13(14(16)17-3)11-7-6-8-12(10-11)18-5-2/h6-8,10,13,15H,4-5,9H2,1-3H3. The quantitative estimate of drug-likeness (QED) is 0.755. The van der Waals surface area contributed by atoms with Crippen molar-refractivity contribution in [2.75, 3.05) is 20.3 Å². The molecule has 0 heterocycles. The summed E-state index contributed by atoms with van der Waals surface area (Å²) in [5, 5.41) is 3.18. The van der Waals surface area contributed by atoms with Crippen molar-refractivity contribution >= 4 is 5.97 Å². The highest BCUT2D eigenvalue weighted by Gasteiger charge is 2.20. The minimum atomic E-state index is -0.435. The van der Waals surface area contributed by atoms with Crippen LogP contribution in [0.2, 0.25) is 0 Å². The van der Waals surface area contributed by atoms with Gasteiger partial charge < -0.3 is 14.8 Å². The number of hydrogen-bond acceptors (Lipinski definition) is 4. The highest BCUT2D eigenvalue weighted by molar-refractivity contribution is 5.77. The van der Waals surface area contributed by atoms with Crippen LogP contribution in [0.15, 0.2) is 24.3 Å². The minimum Gasteiger partial charge on any atom is -0.494 e. The molecule has 4 nitrogen and oxygen atoms in total. The Morgan fingerprint density at radius 1 is 1.39 bits per heavy atom. The van der Waals surface area contributed by atoms with Crippen LogP contribution in [0.25, 0.3) is 0 Å². The highest BCUT2D eigenvalue weighted by atomic mass is 16.5. The van der Waals surface area contributed by atoms with Crippen molar-refractivity contribution in [3.8, 4) is 5.75 Å². The summed E-state index contributed by atoms with van der Waals surface area (Å²) < 4.78 is 10.3. The van der Waals surface area contributed by atoms with Gasteiger partial charge in [0.15, 0.2) is 0 Å². The van der Waals surface area contributed by atoms with Crippen LogP contribution in [-0.2, 0) is 9.53 Å². The van der Waals surface area contributed by atoms with Crippen LogP contribution in [-0.4, -0.2) is 26.2 Å². The van der Waals surface area contributed by atoms with E-state index in [0.29, 0.717) is 6.61 Å². The van der Waals surface area contributed by atoms with Crippen molar-refractivity contribution in [3.63, 3.8) is 0 Å². The molecule has 18 heavy (non-hydrogen) atoms. The summed E-state index contributed by atoms with van der Waals surface area (Å²) in [6.45, 7) is 5.35. The first-order valence-corrected chi connectivity index (χ1v) is 6.26. The van der Waals surface area contributed by atoms with Gasteiger partial charge in [-0.3, -0.25) is 0 Å². The number of carbonyl (C=O) groups excluding carboxylic acids is 1. The van der Waals surface area contributed by atoms with E-state index in [2.05, 4.69) is 12.2 Å². The Labute approximate surface area is 108 Å². The molecule has 1 aromatic carbocycles. The van der Waals surface area contributed by atoms with Gasteiger partial charge in [0.1, 0.15) is 11.8 Å². The number of methoxy groups -OCH3 is 1. The lowest BCUT2D eigenvalue weighted by Gasteiger charge is -2.17. The van der Waals surface area contributed by atoms with Gasteiger partial charge in [0.05, 0.1) is 13.7 Å². The lowest BCUT2D eigenvalue weighted by atomic mass is 10.1. The van der Waals surface area contributed by atoms with Crippen molar-refractivity contribution in [1.29, 1.82) is 0 Å². The molecule has 0 aliphatic heterocycles. The van der Waals surface area contributed by atoms with Crippen LogP contribution in [0.1, 0.15) is 31.9 Å². The molecule has 0 bridgehead atoms. The number of nitrogens with one attached hydrogen (secondary N) is 1. The Kier molecular flexibility index (Phi) is 6.22. The van der Waals surface area contributed by atoms with Crippen LogP contribution < -0.4 is 10.1 Å². The number of benzene rings is 1. The molecule has 0 saturated heterocycles. The summed E-state index contributed by atoms with van der Waals surface area (Å²) in [4.78, 5) is 11.8. The van der Waals surface area contributed by atoms with Gasteiger partial charge in [0, 0.05) is 0 Å². The van der Waals surface area contributed by atoms with Crippen LogP contribution in [0.5, 0.6) is 5.75 Å². The maximum absolute atomic E-state index is 11.8. The molecule has 0 radical (unpaired) electrons. The van der Waals surface area contributed by atoms with E-state index in [4.69, 9.17) is 9.47 Å². The molecule has 0 aliphatic carbocycles. The number of rotatable bonds is 7. The Hall–Kier alpha value is -1.55. The predicted molar refractivity (Wildman–Crippen MR) is 70.7 cm³/mol. The van der Waals surface area contributed by atoms with E-state index >= 15 is 0 Å². The van der Waals surface area contributed by atoms with E-state index in [0.717, 1.165) is 24.3 Å². The second kappa shape index (κ2) is 7.71. The van der Waals surface area contributed by atoms with Crippen molar-refractivity contribution in [2.24, 2.45) is 0 Å². The molecule has 0 spiro atoms. The summed E-state index contributed by atoms with van der Waals surface area (Å²) in [5.74, 6) is 0.485. The van der Waals surface area contributed by atoms with Gasteiger partial charge in [-0.25, -0.2) is 4.79 Å². The smallest absolute Gasteiger partial charge is 0.327 e. The first-order chi connectivity index (χ1) is 8.72. The highest BCUT2D eigenvalue weighted by Crippen LogP contribution is 2.20. The fourth-order valence-corrected chi connectivity index (χ4v) is 1.69. The summed E-state index contributed by atoms with van der Waals surface area (Å²) in [7, 11) is 1.40. The molecule has 0 aliphatic rings. The SMILES string of the molecule is CCCNC(C(=O)OC)c1cccc(OCC)c1. The zero-order valence-corrected chi connectivity index (χ0v) is 11.2. The predicted octanol–water partition coefficient (Wildman–Crippen LogP) is 2.30. The molecule has 1 N–H and O–H groups in total. The first-order valence-electron chi connectivity index (χ1n) is 6.26. The van der Waals surface area contributed by atoms with Crippen LogP contribution >= 0.6 is 0 Å². The number of carbonyl (C=O) groups is 1. The zero-order chi connectivity index (χ0) is 13.4. The molecule has 0 amide bonds. The van der Waals surface area contributed by atoms with E-state index in [-0.39, 0.29) is 5.97 Å². The Morgan fingerprint density at radius 3 is 2.78 bits per heavy atom. The average Bonchev–Trinajstić information content (AvgIpc) is 2.39. The van der Waals surface area contributed by atoms with Gasteiger partial charge in [0.2, 0.25) is 0 Å². The van der Waals surface area contributed by atoms with E-state index in [9.17, 15) is 4.79 Å². The molecule has 1 rings (SSSR count). The molecule has 1 atom stereocenters. The van der Waals surface area contributed by atoms with Crippen LogP contribution in [0.3, 0.4) is 0 Å². The van der Waals surface area contributed by atoms with Gasteiger partial charge in [-0.1, -0.05) is 19.1 Å². The maximum Gasteiger partial charge on any atom is 0.327 e. The van der Waals surface area contributed by atoms with Gasteiger partial charge in [0.25, 0.3) is 0 Å². The molecular formula is C14H21NO3. The molecule has 4 heteroatoms. The number of esters is 1. The van der Waals surface area contributed by atoms with E-state index in [1.807, 2.05) is 31.2 Å². The van der Waals surface area contributed by atoms with Gasteiger partial charge >= 0.3 is 5.97 Å². The normalized spacial score (nSPS) is 11.9. The second-order valence-electron chi connectivity index (χ2n) is 3.92. The summed E-state index contributed by atoms with van der Waals surface area (Å²) in [6.07, 6.45) is 0.957. The molecule has 1 aromatic rings. The van der Waals surface area contributed by atoms with Crippen LogP contribution in [0, 0.1) is 0 Å². The average molecular weight is 251 g/mol. The third-order valence-corrected chi connectivity index (χ3v) is 2.54. The third kappa shape index (κ3) is 4.04. The summed E-state index contributed by atoms with van der Waals surface area (Å²) >= 11 is 0. The topological polar surface area (TPSA) is 47.6 Å². The van der Waals surface area contributed by atoms with Gasteiger partial charge in [-0.05, 0) is 37.6 Å². The van der Waals surface area contributed by atoms with E-state index in [1.165, 1.54) is 7.11 Å². The third-order valence-electron chi connectivity index (χ3n) is 2.54. The van der Waals surface area contributed by atoms with E-state index in [1.54, 1.807) is 0 Å². The second-order valence-corrected chi connectivity index (χ2v) is 3.92. The maximum atomic E-state index is 11.8. The fraction of sp³-hybridized carbons (Fsp3) is 0.500. The van der Waals surface area contributed by atoms with E-state index < -0.39 is 6.04 Å². The number of ether oxygens (including phenoxy) is 2. The summed E-state index contributed by atoms with van der Waals surface area (Å²) in [5.41, 5.74) is 0.862. The minimum absolute atomic E-state index is 0.280. The summed E-state index contributed by atoms with van der Waals surface area (Å²) in [6, 6.07) is 7.08. The van der Waals surface area contributed by atoms with Gasteiger partial charge in [-0.15, -0.1) is 0 Å². The molecule has 0 saturated carbocycles. The fourth-order valence-electron chi connectivity index (χ4n) is 1.69. The Bertz CT molecular complexity index is 379. The lowest BCUT2D eigenvalue weighted by molar-refractivity contribution is -0.143. The molecule has 1 unspecified atom stereocenters. The van der Waals surface area contributed by atoms with Gasteiger partial charge in [-0.2, -0.15) is 0 Å². The Morgan fingerprint density at radius 2 is 2.17 bits per heavy atom. The van der Waals surface area contributed by atoms with Crippen molar-refractivity contribution in [1.82, 2.24) is 5.32 Å². The zero-order valence-electron chi connectivity index (χ0n) is 11.2. The lowest BCUT2D eigenvalue weighted by Crippen LogP contribution is -2.30. The number of hydrogen-bond donors (Lipinski definition) is 1. The molecular weight excluding hydrogens is 230 g/mol. The Balaban J connectivity index is 2.89. The molecule has 100 valence electrons. The van der Waals surface area contributed by atoms with Crippen LogP contribution in [0.4, 0.5) is 0 Å². The molecule has 0 aromatic heterocycles.